The Kier molecular flexibility index (Phi) is 3.57. The average Bonchev–Trinajstić information content (AvgIpc) is 2.41. The van der Waals surface area contributed by atoms with Gasteiger partial charge in [-0.3, -0.25) is 14.6 Å². The Hall–Kier alpha value is -1.95. The summed E-state index contributed by atoms with van der Waals surface area (Å²) >= 11 is 0. The first-order valence-corrected chi connectivity index (χ1v) is 5.80. The van der Waals surface area contributed by atoms with E-state index in [0.717, 1.165) is 0 Å². The first-order valence-electron chi connectivity index (χ1n) is 5.80. The highest BCUT2D eigenvalue weighted by Crippen LogP contribution is 2.09. The van der Waals surface area contributed by atoms with Gasteiger partial charge in [0.05, 0.1) is 5.69 Å². The van der Waals surface area contributed by atoms with Gasteiger partial charge in [0.25, 0.3) is 5.91 Å². The number of nitrogens with two attached hydrogens (primary N) is 1. The second-order valence-corrected chi connectivity index (χ2v) is 4.28. The van der Waals surface area contributed by atoms with Crippen LogP contribution in [0.5, 0.6) is 0 Å². The topological polar surface area (TPSA) is 79.5 Å². The van der Waals surface area contributed by atoms with Crippen LogP contribution in [0.1, 0.15) is 16.1 Å². The molecule has 6 heteroatoms. The summed E-state index contributed by atoms with van der Waals surface area (Å²) in [5, 5.41) is 0. The lowest BCUT2D eigenvalue weighted by Crippen LogP contribution is -2.50. The van der Waals surface area contributed by atoms with E-state index in [1.807, 2.05) is 0 Å². The van der Waals surface area contributed by atoms with E-state index in [2.05, 4.69) is 4.98 Å². The predicted octanol–water partition coefficient (Wildman–Crippen LogP) is -0.545. The van der Waals surface area contributed by atoms with Crippen molar-refractivity contribution in [3.8, 4) is 0 Å². The summed E-state index contributed by atoms with van der Waals surface area (Å²) in [5.74, 6) is -0.184. The molecule has 6 nitrogen and oxygen atoms in total. The molecule has 0 saturated carbocycles. The Bertz CT molecular complexity index is 475. The van der Waals surface area contributed by atoms with Crippen molar-refractivity contribution in [3.05, 3.63) is 29.6 Å². The Morgan fingerprint density at radius 2 is 2.28 bits per heavy atom. The summed E-state index contributed by atoms with van der Waals surface area (Å²) in [7, 11) is 1.74. The minimum Gasteiger partial charge on any atom is -0.342 e. The fraction of sp³-hybridized carbons (Fsp3) is 0.417. The fourth-order valence-corrected chi connectivity index (χ4v) is 1.84. The van der Waals surface area contributed by atoms with Crippen LogP contribution in [0, 0.1) is 0 Å². The van der Waals surface area contributed by atoms with Gasteiger partial charge in [-0.15, -0.1) is 0 Å². The Morgan fingerprint density at radius 3 is 2.94 bits per heavy atom. The maximum atomic E-state index is 12.2. The molecule has 2 rings (SSSR count). The number of likely N-dealkylation sites (N-methyl/N-ethyl adjacent to an activating group) is 1. The lowest BCUT2D eigenvalue weighted by atomic mass is 10.2. The summed E-state index contributed by atoms with van der Waals surface area (Å²) in [6, 6.07) is 3.31. The third-order valence-electron chi connectivity index (χ3n) is 3.02. The first-order chi connectivity index (χ1) is 8.61. The van der Waals surface area contributed by atoms with Crippen molar-refractivity contribution in [2.45, 2.75) is 6.54 Å². The standard InChI is InChI=1S/C12H16N4O2/c1-15-4-5-16(8-11(15)17)12(18)9-2-3-14-10(6-9)7-13/h2-3,6H,4-5,7-8,13H2,1H3. The van der Waals surface area contributed by atoms with E-state index in [-0.39, 0.29) is 18.4 Å². The molecule has 1 aliphatic heterocycles. The number of piperazine rings is 1. The van der Waals surface area contributed by atoms with Crippen molar-refractivity contribution < 1.29 is 9.59 Å². The molecule has 2 amide bonds. The van der Waals surface area contributed by atoms with Crippen LogP contribution >= 0.6 is 0 Å². The molecule has 0 bridgehead atoms. The molecule has 0 radical (unpaired) electrons. The number of hydrogen-bond donors (Lipinski definition) is 1. The number of rotatable bonds is 2. The third kappa shape index (κ3) is 2.48. The Balaban J connectivity index is 2.13. The molecule has 0 aromatic carbocycles. The van der Waals surface area contributed by atoms with E-state index < -0.39 is 0 Å². The number of hydrogen-bond acceptors (Lipinski definition) is 4. The van der Waals surface area contributed by atoms with Crippen molar-refractivity contribution in [1.82, 2.24) is 14.8 Å². The van der Waals surface area contributed by atoms with E-state index in [1.165, 1.54) is 0 Å². The molecule has 1 aliphatic rings. The van der Waals surface area contributed by atoms with E-state index >= 15 is 0 Å². The van der Waals surface area contributed by atoms with Crippen LogP contribution in [0.25, 0.3) is 0 Å². The van der Waals surface area contributed by atoms with Gasteiger partial charge in [0.15, 0.2) is 0 Å². The van der Waals surface area contributed by atoms with Crippen LogP contribution in [0.15, 0.2) is 18.3 Å². The van der Waals surface area contributed by atoms with E-state index in [9.17, 15) is 9.59 Å². The van der Waals surface area contributed by atoms with Gasteiger partial charge in [0, 0.05) is 38.4 Å². The van der Waals surface area contributed by atoms with Crippen LogP contribution < -0.4 is 5.73 Å². The number of pyridine rings is 1. The smallest absolute Gasteiger partial charge is 0.254 e. The molecule has 0 spiro atoms. The average molecular weight is 248 g/mol. The van der Waals surface area contributed by atoms with Crippen LogP contribution in [-0.2, 0) is 11.3 Å². The van der Waals surface area contributed by atoms with Gasteiger partial charge >= 0.3 is 0 Å². The van der Waals surface area contributed by atoms with Crippen LogP contribution in [0.4, 0.5) is 0 Å². The lowest BCUT2D eigenvalue weighted by Gasteiger charge is -2.32. The minimum atomic E-state index is -0.145. The highest BCUT2D eigenvalue weighted by Gasteiger charge is 2.25. The summed E-state index contributed by atoms with van der Waals surface area (Å²) in [5.41, 5.74) is 6.69. The molecule has 0 aliphatic carbocycles. The van der Waals surface area contributed by atoms with E-state index in [0.29, 0.717) is 30.9 Å². The van der Waals surface area contributed by atoms with Gasteiger partial charge in [-0.05, 0) is 12.1 Å². The van der Waals surface area contributed by atoms with Crippen molar-refractivity contribution in [2.75, 3.05) is 26.7 Å². The number of carbonyl (C=O) groups is 2. The Labute approximate surface area is 105 Å². The molecule has 18 heavy (non-hydrogen) atoms. The van der Waals surface area contributed by atoms with Crippen LogP contribution in [0.2, 0.25) is 0 Å². The quantitative estimate of drug-likeness (QED) is 0.762. The van der Waals surface area contributed by atoms with Gasteiger partial charge in [-0.1, -0.05) is 0 Å². The highest BCUT2D eigenvalue weighted by molar-refractivity contribution is 5.97. The number of nitrogens with zero attached hydrogens (tertiary/aromatic N) is 3. The normalized spacial score (nSPS) is 16.0. The molecule has 2 N–H and O–H groups in total. The number of amides is 2. The molecule has 2 heterocycles. The molecule has 1 fully saturated rings. The minimum absolute atomic E-state index is 0.0392. The van der Waals surface area contributed by atoms with Crippen molar-refractivity contribution in [3.63, 3.8) is 0 Å². The van der Waals surface area contributed by atoms with Crippen molar-refractivity contribution in [1.29, 1.82) is 0 Å². The Morgan fingerprint density at radius 1 is 1.50 bits per heavy atom. The predicted molar refractivity (Wildman–Crippen MR) is 65.7 cm³/mol. The van der Waals surface area contributed by atoms with Crippen molar-refractivity contribution >= 4 is 11.8 Å². The molecule has 96 valence electrons. The molecule has 1 aromatic heterocycles. The number of carbonyl (C=O) groups excluding carboxylic acids is 2. The first kappa shape index (κ1) is 12.5. The maximum Gasteiger partial charge on any atom is 0.254 e. The van der Waals surface area contributed by atoms with Gasteiger partial charge in [0.2, 0.25) is 5.91 Å². The summed E-state index contributed by atoms with van der Waals surface area (Å²) < 4.78 is 0. The van der Waals surface area contributed by atoms with E-state index in [4.69, 9.17) is 5.73 Å². The monoisotopic (exact) mass is 248 g/mol. The van der Waals surface area contributed by atoms with Gasteiger partial charge < -0.3 is 15.5 Å². The van der Waals surface area contributed by atoms with Gasteiger partial charge in [0.1, 0.15) is 6.54 Å². The van der Waals surface area contributed by atoms with Gasteiger partial charge in [-0.25, -0.2) is 0 Å². The molecule has 0 unspecified atom stereocenters. The van der Waals surface area contributed by atoms with Crippen LogP contribution in [0.3, 0.4) is 0 Å². The third-order valence-corrected chi connectivity index (χ3v) is 3.02. The fourth-order valence-electron chi connectivity index (χ4n) is 1.84. The molecule has 1 aromatic rings. The lowest BCUT2D eigenvalue weighted by molar-refractivity contribution is -0.133. The zero-order chi connectivity index (χ0) is 13.1. The molecule has 0 atom stereocenters. The zero-order valence-electron chi connectivity index (χ0n) is 10.3. The summed E-state index contributed by atoms with van der Waals surface area (Å²) in [4.78, 5) is 31.0. The van der Waals surface area contributed by atoms with Crippen LogP contribution in [-0.4, -0.2) is 53.3 Å². The van der Waals surface area contributed by atoms with E-state index in [1.54, 1.807) is 35.2 Å². The SMILES string of the molecule is CN1CCN(C(=O)c2ccnc(CN)c2)CC1=O. The highest BCUT2D eigenvalue weighted by atomic mass is 16.2. The molecule has 1 saturated heterocycles. The van der Waals surface area contributed by atoms with Crippen molar-refractivity contribution in [2.24, 2.45) is 5.73 Å². The second kappa shape index (κ2) is 5.14. The zero-order valence-corrected chi connectivity index (χ0v) is 10.3. The second-order valence-electron chi connectivity index (χ2n) is 4.28. The molecular weight excluding hydrogens is 232 g/mol. The summed E-state index contributed by atoms with van der Waals surface area (Å²) in [6.07, 6.45) is 1.56. The maximum absolute atomic E-state index is 12.2. The largest absolute Gasteiger partial charge is 0.342 e. The number of aromatic nitrogens is 1. The summed E-state index contributed by atoms with van der Waals surface area (Å²) in [6.45, 7) is 1.55. The van der Waals surface area contributed by atoms with Gasteiger partial charge in [-0.2, -0.15) is 0 Å². The molecular formula is C12H16N4O2.